The molecule has 0 aliphatic heterocycles. The second kappa shape index (κ2) is 7.11. The number of aromatic nitrogens is 3. The summed E-state index contributed by atoms with van der Waals surface area (Å²) in [5.41, 5.74) is 2.78. The Bertz CT molecular complexity index is 914. The molecular weight excluding hydrogens is 340 g/mol. The van der Waals surface area contributed by atoms with E-state index in [0.29, 0.717) is 23.7 Å². The minimum absolute atomic E-state index is 0.261. The summed E-state index contributed by atoms with van der Waals surface area (Å²) in [6.45, 7) is 6.10. The van der Waals surface area contributed by atoms with Gasteiger partial charge in [0.05, 0.1) is 11.4 Å². The molecule has 0 fully saturated rings. The zero-order valence-electron chi connectivity index (χ0n) is 14.3. The van der Waals surface area contributed by atoms with E-state index in [-0.39, 0.29) is 5.91 Å². The summed E-state index contributed by atoms with van der Waals surface area (Å²) >= 11 is 6.04. The zero-order valence-corrected chi connectivity index (χ0v) is 15.1. The number of nitrogens with zero attached hydrogens (tertiary/aromatic N) is 3. The first-order valence-corrected chi connectivity index (χ1v) is 8.42. The number of furan rings is 1. The summed E-state index contributed by atoms with van der Waals surface area (Å²) in [7, 11) is 0. The Morgan fingerprint density at radius 3 is 2.76 bits per heavy atom. The fourth-order valence-corrected chi connectivity index (χ4v) is 2.91. The molecule has 6 nitrogen and oxygen atoms in total. The van der Waals surface area contributed by atoms with Crippen molar-refractivity contribution in [2.75, 3.05) is 0 Å². The lowest BCUT2D eigenvalue weighted by atomic mass is 10.2. The molecule has 1 amide bonds. The molecule has 0 aliphatic rings. The molecule has 0 radical (unpaired) electrons. The smallest absolute Gasteiger partial charge is 0.274 e. The van der Waals surface area contributed by atoms with E-state index in [2.05, 4.69) is 15.6 Å². The average Bonchev–Trinajstić information content (AvgIpc) is 3.15. The minimum Gasteiger partial charge on any atom is -0.466 e. The van der Waals surface area contributed by atoms with Gasteiger partial charge in [0, 0.05) is 17.1 Å². The van der Waals surface area contributed by atoms with E-state index in [1.165, 1.54) is 0 Å². The van der Waals surface area contributed by atoms with Gasteiger partial charge >= 0.3 is 0 Å². The first kappa shape index (κ1) is 17.2. The maximum atomic E-state index is 12.5. The van der Waals surface area contributed by atoms with Crippen LogP contribution in [0.2, 0.25) is 5.02 Å². The lowest BCUT2D eigenvalue weighted by Crippen LogP contribution is -2.24. The van der Waals surface area contributed by atoms with E-state index in [0.717, 1.165) is 28.5 Å². The average molecular weight is 359 g/mol. The molecule has 0 aliphatic carbocycles. The molecule has 0 saturated heterocycles. The van der Waals surface area contributed by atoms with Crippen molar-refractivity contribution in [1.82, 2.24) is 20.3 Å². The molecule has 7 heteroatoms. The normalized spacial score (nSPS) is 10.9. The lowest BCUT2D eigenvalue weighted by molar-refractivity contribution is 0.0945. The number of carbonyl (C=O) groups is 1. The van der Waals surface area contributed by atoms with Crippen LogP contribution in [-0.2, 0) is 13.0 Å². The molecule has 25 heavy (non-hydrogen) atoms. The molecule has 3 rings (SSSR count). The Balaban J connectivity index is 1.82. The molecule has 2 heterocycles. The van der Waals surface area contributed by atoms with Gasteiger partial charge in [-0.05, 0) is 44.5 Å². The van der Waals surface area contributed by atoms with Crippen LogP contribution in [0.25, 0.3) is 5.69 Å². The largest absolute Gasteiger partial charge is 0.466 e. The topological polar surface area (TPSA) is 73.0 Å². The molecule has 1 N–H and O–H groups in total. The van der Waals surface area contributed by atoms with Gasteiger partial charge in [-0.1, -0.05) is 29.8 Å². The molecular formula is C18H19ClN4O2. The summed E-state index contributed by atoms with van der Waals surface area (Å²) in [6, 6.07) is 9.20. The molecule has 0 bridgehead atoms. The number of aryl methyl sites for hydroxylation is 2. The standard InChI is InChI=1S/C18H19ClN4O2/c1-4-16-17(18(24)20-10-13-8-11(2)25-12(13)3)21-22-23(16)15-7-5-6-14(19)9-15/h5-9H,4,10H2,1-3H3,(H,20,24). The lowest BCUT2D eigenvalue weighted by Gasteiger charge is -2.07. The highest BCUT2D eigenvalue weighted by molar-refractivity contribution is 6.30. The van der Waals surface area contributed by atoms with E-state index in [1.54, 1.807) is 16.8 Å². The van der Waals surface area contributed by atoms with Gasteiger partial charge in [0.1, 0.15) is 11.5 Å². The van der Waals surface area contributed by atoms with Crippen molar-refractivity contribution < 1.29 is 9.21 Å². The second-order valence-electron chi connectivity index (χ2n) is 5.75. The first-order chi connectivity index (χ1) is 12.0. The number of benzene rings is 1. The SMILES string of the molecule is CCc1c(C(=O)NCc2cc(C)oc2C)nnn1-c1cccc(Cl)c1. The van der Waals surface area contributed by atoms with Crippen LogP contribution in [0.3, 0.4) is 0 Å². The number of hydrogen-bond donors (Lipinski definition) is 1. The van der Waals surface area contributed by atoms with E-state index in [4.69, 9.17) is 16.0 Å². The zero-order chi connectivity index (χ0) is 18.0. The van der Waals surface area contributed by atoms with Crippen molar-refractivity contribution in [2.45, 2.75) is 33.7 Å². The predicted molar refractivity (Wildman–Crippen MR) is 95.1 cm³/mol. The summed E-state index contributed by atoms with van der Waals surface area (Å²) in [4.78, 5) is 12.5. The summed E-state index contributed by atoms with van der Waals surface area (Å²) in [5, 5.41) is 11.7. The maximum absolute atomic E-state index is 12.5. The molecule has 0 atom stereocenters. The first-order valence-electron chi connectivity index (χ1n) is 8.04. The molecule has 0 unspecified atom stereocenters. The quantitative estimate of drug-likeness (QED) is 0.756. The van der Waals surface area contributed by atoms with E-state index in [1.807, 2.05) is 39.0 Å². The number of carbonyl (C=O) groups excluding carboxylic acids is 1. The van der Waals surface area contributed by atoms with Gasteiger partial charge in [0.2, 0.25) is 0 Å². The van der Waals surface area contributed by atoms with Gasteiger partial charge in [0.25, 0.3) is 5.91 Å². The van der Waals surface area contributed by atoms with Crippen molar-refractivity contribution >= 4 is 17.5 Å². The van der Waals surface area contributed by atoms with Crippen LogP contribution < -0.4 is 5.32 Å². The third-order valence-electron chi connectivity index (χ3n) is 3.95. The van der Waals surface area contributed by atoms with Crippen molar-refractivity contribution in [2.24, 2.45) is 0 Å². The van der Waals surface area contributed by atoms with Crippen LogP contribution in [0.5, 0.6) is 0 Å². The predicted octanol–water partition coefficient (Wildman–Crippen LogP) is 3.62. The fourth-order valence-electron chi connectivity index (χ4n) is 2.73. The third kappa shape index (κ3) is 3.58. The Morgan fingerprint density at radius 1 is 1.32 bits per heavy atom. The number of amides is 1. The van der Waals surface area contributed by atoms with Gasteiger partial charge in [-0.2, -0.15) is 0 Å². The monoisotopic (exact) mass is 358 g/mol. The minimum atomic E-state index is -0.261. The molecule has 3 aromatic rings. The fraction of sp³-hybridized carbons (Fsp3) is 0.278. The summed E-state index contributed by atoms with van der Waals surface area (Å²) in [5.74, 6) is 1.36. The van der Waals surface area contributed by atoms with Crippen LogP contribution >= 0.6 is 11.6 Å². The van der Waals surface area contributed by atoms with Crippen molar-refractivity contribution in [3.05, 3.63) is 63.8 Å². The van der Waals surface area contributed by atoms with Crippen molar-refractivity contribution in [3.8, 4) is 5.69 Å². The highest BCUT2D eigenvalue weighted by atomic mass is 35.5. The molecule has 0 spiro atoms. The number of halogens is 1. The van der Waals surface area contributed by atoms with Gasteiger partial charge in [-0.15, -0.1) is 5.10 Å². The van der Waals surface area contributed by atoms with Gasteiger partial charge in [-0.25, -0.2) is 4.68 Å². The van der Waals surface area contributed by atoms with Gasteiger partial charge in [-0.3, -0.25) is 4.79 Å². The maximum Gasteiger partial charge on any atom is 0.274 e. The number of rotatable bonds is 5. The van der Waals surface area contributed by atoms with Crippen LogP contribution in [-0.4, -0.2) is 20.9 Å². The van der Waals surface area contributed by atoms with E-state index in [9.17, 15) is 4.79 Å². The Labute approximate surface area is 150 Å². The van der Waals surface area contributed by atoms with Crippen LogP contribution in [0.1, 0.15) is 40.2 Å². The highest BCUT2D eigenvalue weighted by Gasteiger charge is 2.19. The highest BCUT2D eigenvalue weighted by Crippen LogP contribution is 2.18. The van der Waals surface area contributed by atoms with Gasteiger partial charge in [0.15, 0.2) is 5.69 Å². The Kier molecular flexibility index (Phi) is 4.90. The summed E-state index contributed by atoms with van der Waals surface area (Å²) < 4.78 is 7.12. The van der Waals surface area contributed by atoms with E-state index < -0.39 is 0 Å². The van der Waals surface area contributed by atoms with Crippen LogP contribution in [0.4, 0.5) is 0 Å². The molecule has 2 aromatic heterocycles. The summed E-state index contributed by atoms with van der Waals surface area (Å²) in [6.07, 6.45) is 0.617. The molecule has 1 aromatic carbocycles. The number of nitrogens with one attached hydrogen (secondary N) is 1. The van der Waals surface area contributed by atoms with Crippen LogP contribution in [0, 0.1) is 13.8 Å². The number of hydrogen-bond acceptors (Lipinski definition) is 4. The Morgan fingerprint density at radius 2 is 2.12 bits per heavy atom. The van der Waals surface area contributed by atoms with Gasteiger partial charge < -0.3 is 9.73 Å². The van der Waals surface area contributed by atoms with E-state index >= 15 is 0 Å². The third-order valence-corrected chi connectivity index (χ3v) is 4.18. The molecule has 0 saturated carbocycles. The molecule has 130 valence electrons. The Hall–Kier alpha value is -2.60. The van der Waals surface area contributed by atoms with Crippen molar-refractivity contribution in [1.29, 1.82) is 0 Å². The second-order valence-corrected chi connectivity index (χ2v) is 6.19. The van der Waals surface area contributed by atoms with Crippen molar-refractivity contribution in [3.63, 3.8) is 0 Å². The van der Waals surface area contributed by atoms with Crippen LogP contribution in [0.15, 0.2) is 34.7 Å².